The minimum Gasteiger partial charge on any atom is -0.338 e. The van der Waals surface area contributed by atoms with Gasteiger partial charge in [0.25, 0.3) is 0 Å². The highest BCUT2D eigenvalue weighted by Crippen LogP contribution is 2.33. The van der Waals surface area contributed by atoms with Gasteiger partial charge in [0.05, 0.1) is 10.0 Å². The fourth-order valence-electron chi connectivity index (χ4n) is 1.88. The maximum absolute atomic E-state index is 6.16. The number of rotatable bonds is 3. The number of hydrazine groups is 1. The zero-order valence-corrected chi connectivity index (χ0v) is 14.0. The minimum atomic E-state index is 0.367. The number of hydrogen-bond acceptors (Lipinski definition) is 4. The number of anilines is 3. The number of nitrogen functional groups attached to an aromatic ring is 1. The summed E-state index contributed by atoms with van der Waals surface area (Å²) in [5, 5.41) is 4.01. The molecule has 20 heavy (non-hydrogen) atoms. The smallest absolute Gasteiger partial charge is 0.161 e. The van der Waals surface area contributed by atoms with Crippen LogP contribution in [0.25, 0.3) is 0 Å². The minimum absolute atomic E-state index is 0.367. The molecule has 1 heterocycles. The van der Waals surface area contributed by atoms with Crippen molar-refractivity contribution in [1.29, 1.82) is 0 Å². The lowest BCUT2D eigenvalue weighted by atomic mass is 10.1. The van der Waals surface area contributed by atoms with E-state index in [4.69, 9.17) is 29.0 Å². The van der Waals surface area contributed by atoms with Crippen molar-refractivity contribution in [2.24, 2.45) is 5.84 Å². The summed E-state index contributed by atoms with van der Waals surface area (Å²) in [4.78, 5) is 4.27. The molecule has 2 aromatic rings. The molecule has 0 unspecified atom stereocenters. The van der Waals surface area contributed by atoms with Crippen LogP contribution in [0.5, 0.6) is 0 Å². The van der Waals surface area contributed by atoms with E-state index in [-0.39, 0.29) is 0 Å². The largest absolute Gasteiger partial charge is 0.338 e. The molecule has 1 aromatic heterocycles. The summed E-state index contributed by atoms with van der Waals surface area (Å²) in [6, 6.07) is 5.62. The van der Waals surface area contributed by atoms with Crippen molar-refractivity contribution in [1.82, 2.24) is 4.98 Å². The fourth-order valence-corrected chi connectivity index (χ4v) is 3.03. The molecule has 0 spiro atoms. The molecule has 0 bridgehead atoms. The van der Waals surface area contributed by atoms with E-state index in [9.17, 15) is 0 Å². The van der Waals surface area contributed by atoms with Gasteiger partial charge in [0.1, 0.15) is 0 Å². The van der Waals surface area contributed by atoms with Crippen LogP contribution in [0.2, 0.25) is 10.0 Å². The van der Waals surface area contributed by atoms with Gasteiger partial charge >= 0.3 is 0 Å². The van der Waals surface area contributed by atoms with Crippen LogP contribution >= 0.6 is 39.1 Å². The maximum atomic E-state index is 6.16. The summed E-state index contributed by atoms with van der Waals surface area (Å²) in [6.07, 6.45) is 0. The molecule has 0 aliphatic heterocycles. The first kappa shape index (κ1) is 15.4. The molecular formula is C13H13BrCl2N4. The van der Waals surface area contributed by atoms with Crippen LogP contribution in [-0.4, -0.2) is 4.98 Å². The molecule has 0 saturated heterocycles. The van der Waals surface area contributed by atoms with Crippen LogP contribution in [0.4, 0.5) is 17.3 Å². The van der Waals surface area contributed by atoms with Crippen LogP contribution in [-0.2, 0) is 0 Å². The van der Waals surface area contributed by atoms with Crippen LogP contribution in [0.1, 0.15) is 11.1 Å². The summed E-state index contributed by atoms with van der Waals surface area (Å²) >= 11 is 15.6. The first-order chi connectivity index (χ1) is 9.42. The first-order valence-corrected chi connectivity index (χ1v) is 7.33. The van der Waals surface area contributed by atoms with E-state index < -0.39 is 0 Å². The molecule has 0 fully saturated rings. The predicted octanol–water partition coefficient (Wildman–Crippen LogP) is 4.80. The second-order valence-corrected chi connectivity index (χ2v) is 6.06. The number of halogens is 3. The number of pyridine rings is 1. The lowest BCUT2D eigenvalue weighted by molar-refractivity contribution is 1.22. The summed E-state index contributed by atoms with van der Waals surface area (Å²) in [5.74, 6) is 6.23. The van der Waals surface area contributed by atoms with Crippen LogP contribution in [0.15, 0.2) is 22.7 Å². The molecule has 0 atom stereocenters. The Hall–Kier alpha value is -1.01. The lowest BCUT2D eigenvalue weighted by Crippen LogP contribution is -2.10. The van der Waals surface area contributed by atoms with Gasteiger partial charge in [0.15, 0.2) is 11.6 Å². The van der Waals surface area contributed by atoms with Crippen molar-refractivity contribution in [3.8, 4) is 0 Å². The highest BCUT2D eigenvalue weighted by molar-refractivity contribution is 9.10. The van der Waals surface area contributed by atoms with E-state index in [0.29, 0.717) is 21.7 Å². The van der Waals surface area contributed by atoms with E-state index in [2.05, 4.69) is 31.7 Å². The topological polar surface area (TPSA) is 63.0 Å². The molecule has 4 nitrogen and oxygen atoms in total. The molecule has 4 N–H and O–H groups in total. The van der Waals surface area contributed by atoms with Crippen LogP contribution < -0.4 is 16.6 Å². The van der Waals surface area contributed by atoms with E-state index >= 15 is 0 Å². The molecule has 1 aromatic carbocycles. The number of nitrogens with two attached hydrogens (primary N) is 1. The van der Waals surface area contributed by atoms with Gasteiger partial charge in [-0.2, -0.15) is 0 Å². The Morgan fingerprint density at radius 3 is 2.15 bits per heavy atom. The van der Waals surface area contributed by atoms with E-state index in [0.717, 1.165) is 21.3 Å². The SMILES string of the molecule is Cc1cc(Br)cc(C)c1Nc1nc(NN)c(Cl)cc1Cl. The van der Waals surface area contributed by atoms with Gasteiger partial charge in [-0.15, -0.1) is 0 Å². The van der Waals surface area contributed by atoms with Crippen molar-refractivity contribution in [2.45, 2.75) is 13.8 Å². The number of aromatic nitrogens is 1. The molecule has 0 amide bonds. The van der Waals surface area contributed by atoms with Crippen molar-refractivity contribution in [3.05, 3.63) is 43.8 Å². The normalized spacial score (nSPS) is 10.5. The molecule has 0 aliphatic carbocycles. The summed E-state index contributed by atoms with van der Waals surface area (Å²) in [5.41, 5.74) is 5.54. The molecule has 7 heteroatoms. The van der Waals surface area contributed by atoms with Gasteiger partial charge in [-0.1, -0.05) is 39.1 Å². The number of nitrogens with one attached hydrogen (secondary N) is 2. The summed E-state index contributed by atoms with van der Waals surface area (Å²) < 4.78 is 1.03. The lowest BCUT2D eigenvalue weighted by Gasteiger charge is -2.15. The number of nitrogens with zero attached hydrogens (tertiary/aromatic N) is 1. The molecule has 0 radical (unpaired) electrons. The number of aryl methyl sites for hydroxylation is 2. The highest BCUT2D eigenvalue weighted by atomic mass is 79.9. The number of benzene rings is 1. The van der Waals surface area contributed by atoms with Crippen molar-refractivity contribution >= 4 is 56.5 Å². The second-order valence-electron chi connectivity index (χ2n) is 4.33. The monoisotopic (exact) mass is 374 g/mol. The molecule has 2 rings (SSSR count). The average Bonchev–Trinajstić information content (AvgIpc) is 2.35. The molecule has 0 aliphatic rings. The quantitative estimate of drug-likeness (QED) is 0.532. The molecule has 106 valence electrons. The Morgan fingerprint density at radius 2 is 1.60 bits per heavy atom. The Bertz CT molecular complexity index is 638. The molecule has 0 saturated carbocycles. The Morgan fingerprint density at radius 1 is 1.05 bits per heavy atom. The summed E-state index contributed by atoms with van der Waals surface area (Å²) in [6.45, 7) is 4.01. The Kier molecular flexibility index (Phi) is 4.75. The van der Waals surface area contributed by atoms with Gasteiger partial charge in [-0.05, 0) is 43.2 Å². The third kappa shape index (κ3) is 3.17. The average molecular weight is 376 g/mol. The van der Waals surface area contributed by atoms with Gasteiger partial charge in [-0.3, -0.25) is 0 Å². The van der Waals surface area contributed by atoms with E-state index in [1.165, 1.54) is 0 Å². The van der Waals surface area contributed by atoms with Gasteiger partial charge in [0, 0.05) is 10.2 Å². The zero-order chi connectivity index (χ0) is 14.9. The second kappa shape index (κ2) is 6.18. The van der Waals surface area contributed by atoms with Crippen molar-refractivity contribution < 1.29 is 0 Å². The molecular weight excluding hydrogens is 363 g/mol. The third-order valence-corrected chi connectivity index (χ3v) is 3.84. The first-order valence-electron chi connectivity index (χ1n) is 5.78. The standard InChI is InChI=1S/C13H13BrCl2N4/c1-6-3-8(14)4-7(2)11(6)18-12-9(15)5-10(16)13(19-12)20-17/h3-5H,17H2,1-2H3,(H2,18,19,20). The van der Waals surface area contributed by atoms with E-state index in [1.54, 1.807) is 6.07 Å². The van der Waals surface area contributed by atoms with Gasteiger partial charge in [0.2, 0.25) is 0 Å². The zero-order valence-electron chi connectivity index (χ0n) is 10.9. The Labute approximate surface area is 135 Å². The predicted molar refractivity (Wildman–Crippen MR) is 89.0 cm³/mol. The third-order valence-electron chi connectivity index (χ3n) is 2.81. The fraction of sp³-hybridized carbons (Fsp3) is 0.154. The summed E-state index contributed by atoms with van der Waals surface area (Å²) in [7, 11) is 0. The van der Waals surface area contributed by atoms with Crippen LogP contribution in [0.3, 0.4) is 0 Å². The van der Waals surface area contributed by atoms with E-state index in [1.807, 2.05) is 26.0 Å². The van der Waals surface area contributed by atoms with Crippen molar-refractivity contribution in [3.63, 3.8) is 0 Å². The van der Waals surface area contributed by atoms with Gasteiger partial charge in [-0.25, -0.2) is 10.8 Å². The Balaban J connectivity index is 2.45. The van der Waals surface area contributed by atoms with Crippen molar-refractivity contribution in [2.75, 3.05) is 10.7 Å². The maximum Gasteiger partial charge on any atom is 0.161 e. The number of hydrogen-bond donors (Lipinski definition) is 3. The van der Waals surface area contributed by atoms with Crippen LogP contribution in [0, 0.1) is 13.8 Å². The van der Waals surface area contributed by atoms with Gasteiger partial charge < -0.3 is 10.7 Å². The highest BCUT2D eigenvalue weighted by Gasteiger charge is 2.11.